The molecule has 0 saturated carbocycles. The number of ether oxygens (including phenoxy) is 1. The molecule has 0 unspecified atom stereocenters. The molecule has 1 aromatic carbocycles. The molecule has 0 atom stereocenters. The van der Waals surface area contributed by atoms with Crippen LogP contribution >= 0.6 is 11.8 Å². The predicted octanol–water partition coefficient (Wildman–Crippen LogP) is 2.09. The van der Waals surface area contributed by atoms with Gasteiger partial charge in [0, 0.05) is 4.90 Å². The number of carbonyl (C=O) groups is 1. The van der Waals surface area contributed by atoms with Crippen molar-refractivity contribution in [3.8, 4) is 12.1 Å². The maximum Gasteiger partial charge on any atom is 0.316 e. The van der Waals surface area contributed by atoms with Gasteiger partial charge in [0.05, 0.1) is 23.5 Å². The second kappa shape index (κ2) is 6.57. The minimum Gasteiger partial charge on any atom is -0.465 e. The van der Waals surface area contributed by atoms with Crippen molar-refractivity contribution >= 4 is 17.7 Å². The van der Waals surface area contributed by atoms with Crippen LogP contribution in [-0.2, 0) is 9.53 Å². The lowest BCUT2D eigenvalue weighted by Gasteiger charge is -2.03. The summed E-state index contributed by atoms with van der Waals surface area (Å²) in [5, 5.41) is 17.6. The number of benzene rings is 1. The molecule has 17 heavy (non-hydrogen) atoms. The van der Waals surface area contributed by atoms with Crippen molar-refractivity contribution in [3.05, 3.63) is 29.3 Å². The Morgan fingerprint density at radius 1 is 1.35 bits per heavy atom. The molecule has 0 heterocycles. The Morgan fingerprint density at radius 2 is 2.06 bits per heavy atom. The number of nitrogens with zero attached hydrogens (tertiary/aromatic N) is 2. The van der Waals surface area contributed by atoms with Gasteiger partial charge < -0.3 is 4.74 Å². The van der Waals surface area contributed by atoms with Crippen LogP contribution < -0.4 is 0 Å². The topological polar surface area (TPSA) is 73.9 Å². The summed E-state index contributed by atoms with van der Waals surface area (Å²) in [4.78, 5) is 11.9. The zero-order valence-electron chi connectivity index (χ0n) is 9.27. The Hall–Kier alpha value is -1.98. The average Bonchev–Trinajstić information content (AvgIpc) is 2.36. The monoisotopic (exact) mass is 246 g/mol. The van der Waals surface area contributed by atoms with E-state index in [4.69, 9.17) is 15.3 Å². The quantitative estimate of drug-likeness (QED) is 0.600. The molecule has 0 saturated heterocycles. The van der Waals surface area contributed by atoms with Crippen LogP contribution in [0.5, 0.6) is 0 Å². The van der Waals surface area contributed by atoms with Gasteiger partial charge in [0.15, 0.2) is 0 Å². The van der Waals surface area contributed by atoms with Gasteiger partial charge in [0.1, 0.15) is 12.1 Å². The highest BCUT2D eigenvalue weighted by atomic mass is 32.2. The van der Waals surface area contributed by atoms with Gasteiger partial charge in [-0.2, -0.15) is 10.5 Å². The Balaban J connectivity index is 2.71. The van der Waals surface area contributed by atoms with Crippen molar-refractivity contribution in [2.45, 2.75) is 11.8 Å². The standard InChI is InChI=1S/C12H10N2O2S/c1-2-16-12(15)8-17-11-4-3-9(6-13)10(5-11)7-14/h3-5H,2,8H2,1H3. The average molecular weight is 246 g/mol. The van der Waals surface area contributed by atoms with E-state index >= 15 is 0 Å². The fraction of sp³-hybridized carbons (Fsp3) is 0.250. The number of nitriles is 2. The number of rotatable bonds is 4. The lowest BCUT2D eigenvalue weighted by Crippen LogP contribution is -2.06. The molecular formula is C12H10N2O2S. The van der Waals surface area contributed by atoms with Gasteiger partial charge in [0.25, 0.3) is 0 Å². The van der Waals surface area contributed by atoms with Gasteiger partial charge in [-0.05, 0) is 25.1 Å². The molecule has 4 nitrogen and oxygen atoms in total. The number of esters is 1. The molecular weight excluding hydrogens is 236 g/mol. The van der Waals surface area contributed by atoms with Crippen molar-refractivity contribution in [2.24, 2.45) is 0 Å². The highest BCUT2D eigenvalue weighted by molar-refractivity contribution is 8.00. The summed E-state index contributed by atoms with van der Waals surface area (Å²) in [6, 6.07) is 8.77. The van der Waals surface area contributed by atoms with Gasteiger partial charge in [-0.25, -0.2) is 0 Å². The second-order valence-corrected chi connectivity index (χ2v) is 4.07. The molecule has 0 aliphatic heterocycles. The summed E-state index contributed by atoms with van der Waals surface area (Å²) in [5.74, 6) is -0.0923. The third-order valence-electron chi connectivity index (χ3n) is 1.89. The van der Waals surface area contributed by atoms with Crippen molar-refractivity contribution < 1.29 is 9.53 Å². The summed E-state index contributed by atoms with van der Waals surface area (Å²) >= 11 is 1.28. The number of hydrogen-bond donors (Lipinski definition) is 0. The molecule has 0 spiro atoms. The van der Waals surface area contributed by atoms with Gasteiger partial charge in [-0.3, -0.25) is 4.79 Å². The van der Waals surface area contributed by atoms with Crippen LogP contribution in [0.25, 0.3) is 0 Å². The molecule has 0 aliphatic rings. The summed E-state index contributed by atoms with van der Waals surface area (Å²) in [5.41, 5.74) is 0.661. The fourth-order valence-corrected chi connectivity index (χ4v) is 1.88. The van der Waals surface area contributed by atoms with Crippen LogP contribution in [0.4, 0.5) is 0 Å². The lowest BCUT2D eigenvalue weighted by molar-refractivity contribution is -0.139. The van der Waals surface area contributed by atoms with E-state index in [2.05, 4.69) is 0 Å². The normalized spacial score (nSPS) is 9.12. The van der Waals surface area contributed by atoms with Crippen molar-refractivity contribution in [1.29, 1.82) is 10.5 Å². The van der Waals surface area contributed by atoms with Crippen LogP contribution in [0.1, 0.15) is 18.1 Å². The van der Waals surface area contributed by atoms with Gasteiger partial charge in [-0.1, -0.05) is 0 Å². The molecule has 5 heteroatoms. The first-order valence-electron chi connectivity index (χ1n) is 4.94. The molecule has 0 fully saturated rings. The van der Waals surface area contributed by atoms with E-state index in [9.17, 15) is 4.79 Å². The molecule has 0 aliphatic carbocycles. The molecule has 1 rings (SSSR count). The van der Waals surface area contributed by atoms with E-state index in [0.29, 0.717) is 17.7 Å². The first-order chi connectivity index (χ1) is 8.21. The summed E-state index contributed by atoms with van der Waals surface area (Å²) in [7, 11) is 0. The molecule has 1 aromatic rings. The van der Waals surface area contributed by atoms with E-state index in [1.54, 1.807) is 25.1 Å². The molecule has 0 amide bonds. The molecule has 86 valence electrons. The minimum absolute atomic E-state index is 0.199. The van der Waals surface area contributed by atoms with E-state index in [1.165, 1.54) is 11.8 Å². The van der Waals surface area contributed by atoms with Crippen molar-refractivity contribution in [1.82, 2.24) is 0 Å². The molecule has 0 N–H and O–H groups in total. The number of thioether (sulfide) groups is 1. The van der Waals surface area contributed by atoms with Gasteiger partial charge in [-0.15, -0.1) is 11.8 Å². The maximum atomic E-state index is 11.1. The van der Waals surface area contributed by atoms with Crippen LogP contribution in [0.2, 0.25) is 0 Å². The maximum absolute atomic E-state index is 11.1. The van der Waals surface area contributed by atoms with Gasteiger partial charge >= 0.3 is 5.97 Å². The minimum atomic E-state index is -0.291. The summed E-state index contributed by atoms with van der Waals surface area (Å²) in [6.07, 6.45) is 0. The van der Waals surface area contributed by atoms with Crippen LogP contribution in [0.3, 0.4) is 0 Å². The second-order valence-electron chi connectivity index (χ2n) is 3.02. The van der Waals surface area contributed by atoms with E-state index in [-0.39, 0.29) is 11.7 Å². The molecule has 0 radical (unpaired) electrons. The fourth-order valence-electron chi connectivity index (χ4n) is 1.15. The van der Waals surface area contributed by atoms with Crippen LogP contribution in [0, 0.1) is 22.7 Å². The first kappa shape index (κ1) is 13.1. The van der Waals surface area contributed by atoms with E-state index < -0.39 is 0 Å². The lowest BCUT2D eigenvalue weighted by atomic mass is 10.1. The Kier molecular flexibility index (Phi) is 5.06. The predicted molar refractivity (Wildman–Crippen MR) is 63.2 cm³/mol. The summed E-state index contributed by atoms with van der Waals surface area (Å²) in [6.45, 7) is 2.11. The largest absolute Gasteiger partial charge is 0.465 e. The SMILES string of the molecule is CCOC(=O)CSc1ccc(C#N)c(C#N)c1. The van der Waals surface area contributed by atoms with Gasteiger partial charge in [0.2, 0.25) is 0 Å². The molecule has 0 bridgehead atoms. The van der Waals surface area contributed by atoms with Crippen molar-refractivity contribution in [2.75, 3.05) is 12.4 Å². The highest BCUT2D eigenvalue weighted by Gasteiger charge is 2.06. The zero-order valence-corrected chi connectivity index (χ0v) is 10.1. The van der Waals surface area contributed by atoms with E-state index in [1.807, 2.05) is 12.1 Å². The Morgan fingerprint density at radius 3 is 2.65 bits per heavy atom. The first-order valence-corrected chi connectivity index (χ1v) is 5.92. The van der Waals surface area contributed by atoms with Crippen LogP contribution in [-0.4, -0.2) is 18.3 Å². The molecule has 0 aromatic heterocycles. The van der Waals surface area contributed by atoms with Crippen molar-refractivity contribution in [3.63, 3.8) is 0 Å². The van der Waals surface area contributed by atoms with E-state index in [0.717, 1.165) is 4.90 Å². The third-order valence-corrected chi connectivity index (χ3v) is 2.86. The number of hydrogen-bond acceptors (Lipinski definition) is 5. The summed E-state index contributed by atoms with van der Waals surface area (Å²) < 4.78 is 4.79. The van der Waals surface area contributed by atoms with Crippen LogP contribution in [0.15, 0.2) is 23.1 Å². The smallest absolute Gasteiger partial charge is 0.316 e. The highest BCUT2D eigenvalue weighted by Crippen LogP contribution is 2.21. The number of carbonyl (C=O) groups excluding carboxylic acids is 1. The Bertz CT molecular complexity index is 500. The Labute approximate surface area is 104 Å². The third kappa shape index (κ3) is 3.82. The zero-order chi connectivity index (χ0) is 12.7.